The van der Waals surface area contributed by atoms with E-state index in [2.05, 4.69) is 10.3 Å². The van der Waals surface area contributed by atoms with Crippen LogP contribution in [-0.2, 0) is 6.42 Å². The van der Waals surface area contributed by atoms with E-state index >= 15 is 0 Å². The summed E-state index contributed by atoms with van der Waals surface area (Å²) in [7, 11) is 0. The van der Waals surface area contributed by atoms with Gasteiger partial charge < -0.3 is 16.8 Å². The molecule has 2 rings (SSSR count). The number of carbonyl (C=O) groups is 1. The maximum Gasteiger partial charge on any atom is 0.250 e. The van der Waals surface area contributed by atoms with E-state index in [0.29, 0.717) is 23.5 Å². The normalized spacial score (nSPS) is 10.1. The zero-order valence-electron chi connectivity index (χ0n) is 10.5. The minimum atomic E-state index is -0.493. The molecule has 0 aliphatic carbocycles. The summed E-state index contributed by atoms with van der Waals surface area (Å²) in [6.45, 7) is 0.668. The van der Waals surface area contributed by atoms with Crippen LogP contribution in [0.1, 0.15) is 16.1 Å². The Morgan fingerprint density at radius 3 is 2.79 bits per heavy atom. The number of primary amides is 1. The van der Waals surface area contributed by atoms with Crippen molar-refractivity contribution in [3.05, 3.63) is 53.9 Å². The molecule has 1 amide bonds. The molecule has 1 heterocycles. The van der Waals surface area contributed by atoms with Crippen LogP contribution in [-0.4, -0.2) is 17.4 Å². The predicted octanol–water partition coefficient (Wildman–Crippen LogP) is 1.42. The molecule has 0 spiro atoms. The molecule has 19 heavy (non-hydrogen) atoms. The summed E-state index contributed by atoms with van der Waals surface area (Å²) in [6, 6.07) is 10.8. The summed E-state index contributed by atoms with van der Waals surface area (Å²) >= 11 is 0. The summed E-state index contributed by atoms with van der Waals surface area (Å²) in [5.74, 6) is -0.493. The number of anilines is 2. The van der Waals surface area contributed by atoms with Gasteiger partial charge in [-0.2, -0.15) is 0 Å². The fraction of sp³-hybridized carbons (Fsp3) is 0.143. The zero-order valence-corrected chi connectivity index (χ0v) is 10.5. The van der Waals surface area contributed by atoms with Crippen LogP contribution in [0.3, 0.4) is 0 Å². The third-order valence-corrected chi connectivity index (χ3v) is 2.73. The SMILES string of the molecule is NC(=O)c1cc(N)ccc1NCCc1ccccn1. The average molecular weight is 256 g/mol. The molecular weight excluding hydrogens is 240 g/mol. The van der Waals surface area contributed by atoms with E-state index in [1.165, 1.54) is 0 Å². The lowest BCUT2D eigenvalue weighted by Gasteiger charge is -2.10. The Kier molecular flexibility index (Phi) is 3.97. The van der Waals surface area contributed by atoms with E-state index in [0.717, 1.165) is 12.1 Å². The summed E-state index contributed by atoms with van der Waals surface area (Å²) in [5.41, 5.74) is 13.6. The number of nitrogens with zero attached hydrogens (tertiary/aromatic N) is 1. The number of aromatic nitrogens is 1. The Balaban J connectivity index is 2.02. The smallest absolute Gasteiger partial charge is 0.250 e. The van der Waals surface area contributed by atoms with Crippen molar-refractivity contribution in [3.63, 3.8) is 0 Å². The first-order valence-electron chi connectivity index (χ1n) is 6.00. The number of rotatable bonds is 5. The van der Waals surface area contributed by atoms with Gasteiger partial charge in [0.1, 0.15) is 0 Å². The lowest BCUT2D eigenvalue weighted by molar-refractivity contribution is 0.100. The molecule has 0 aliphatic rings. The van der Waals surface area contributed by atoms with Gasteiger partial charge in [-0.15, -0.1) is 0 Å². The van der Waals surface area contributed by atoms with Gasteiger partial charge in [-0.25, -0.2) is 0 Å². The first kappa shape index (κ1) is 12.9. The molecule has 0 unspecified atom stereocenters. The highest BCUT2D eigenvalue weighted by Crippen LogP contribution is 2.18. The number of pyridine rings is 1. The Hall–Kier alpha value is -2.56. The zero-order chi connectivity index (χ0) is 13.7. The van der Waals surface area contributed by atoms with E-state index in [4.69, 9.17) is 11.5 Å². The summed E-state index contributed by atoms with van der Waals surface area (Å²) in [6.07, 6.45) is 2.52. The van der Waals surface area contributed by atoms with Crippen molar-refractivity contribution < 1.29 is 4.79 Å². The van der Waals surface area contributed by atoms with Gasteiger partial charge in [-0.3, -0.25) is 9.78 Å². The van der Waals surface area contributed by atoms with Crippen LogP contribution >= 0.6 is 0 Å². The number of carbonyl (C=O) groups excluding carboxylic acids is 1. The van der Waals surface area contributed by atoms with Crippen LogP contribution < -0.4 is 16.8 Å². The number of benzene rings is 1. The molecule has 0 radical (unpaired) electrons. The summed E-state index contributed by atoms with van der Waals surface area (Å²) in [4.78, 5) is 15.6. The van der Waals surface area contributed by atoms with Gasteiger partial charge in [0, 0.05) is 36.2 Å². The van der Waals surface area contributed by atoms with Gasteiger partial charge >= 0.3 is 0 Å². The Bertz CT molecular complexity index is 569. The minimum Gasteiger partial charge on any atom is -0.399 e. The molecule has 0 saturated carbocycles. The highest BCUT2D eigenvalue weighted by molar-refractivity contribution is 5.99. The average Bonchev–Trinajstić information content (AvgIpc) is 2.41. The van der Waals surface area contributed by atoms with Gasteiger partial charge in [-0.05, 0) is 30.3 Å². The second-order valence-corrected chi connectivity index (χ2v) is 4.17. The topological polar surface area (TPSA) is 94.0 Å². The lowest BCUT2D eigenvalue weighted by atomic mass is 10.1. The molecule has 2 aromatic rings. The minimum absolute atomic E-state index is 0.404. The van der Waals surface area contributed by atoms with Gasteiger partial charge in [0.2, 0.25) is 0 Å². The molecule has 0 aliphatic heterocycles. The van der Waals surface area contributed by atoms with Crippen molar-refractivity contribution in [2.24, 2.45) is 5.73 Å². The van der Waals surface area contributed by atoms with Gasteiger partial charge in [0.05, 0.1) is 5.56 Å². The third kappa shape index (κ3) is 3.45. The molecular formula is C14H16N4O. The van der Waals surface area contributed by atoms with Gasteiger partial charge in [0.25, 0.3) is 5.91 Å². The molecule has 0 atom stereocenters. The monoisotopic (exact) mass is 256 g/mol. The van der Waals surface area contributed by atoms with E-state index in [-0.39, 0.29) is 0 Å². The van der Waals surface area contributed by atoms with Crippen LogP contribution in [0.2, 0.25) is 0 Å². The van der Waals surface area contributed by atoms with E-state index in [1.807, 2.05) is 18.2 Å². The van der Waals surface area contributed by atoms with Gasteiger partial charge in [0.15, 0.2) is 0 Å². The summed E-state index contributed by atoms with van der Waals surface area (Å²) in [5, 5.41) is 3.17. The number of nitrogens with two attached hydrogens (primary N) is 2. The van der Waals surface area contributed by atoms with Crippen molar-refractivity contribution in [1.29, 1.82) is 0 Å². The molecule has 5 nitrogen and oxygen atoms in total. The predicted molar refractivity (Wildman–Crippen MR) is 75.8 cm³/mol. The summed E-state index contributed by atoms with van der Waals surface area (Å²) < 4.78 is 0. The first-order valence-corrected chi connectivity index (χ1v) is 6.00. The second kappa shape index (κ2) is 5.86. The molecule has 0 saturated heterocycles. The number of hydrogen-bond acceptors (Lipinski definition) is 4. The molecule has 0 fully saturated rings. The maximum absolute atomic E-state index is 11.3. The fourth-order valence-electron chi connectivity index (χ4n) is 1.79. The van der Waals surface area contributed by atoms with Crippen molar-refractivity contribution in [3.8, 4) is 0 Å². The van der Waals surface area contributed by atoms with Crippen molar-refractivity contribution >= 4 is 17.3 Å². The maximum atomic E-state index is 11.3. The van der Waals surface area contributed by atoms with Crippen molar-refractivity contribution in [2.45, 2.75) is 6.42 Å². The van der Waals surface area contributed by atoms with Crippen molar-refractivity contribution in [1.82, 2.24) is 4.98 Å². The largest absolute Gasteiger partial charge is 0.399 e. The molecule has 1 aromatic carbocycles. The van der Waals surface area contributed by atoms with Gasteiger partial charge in [-0.1, -0.05) is 6.07 Å². The molecule has 0 bridgehead atoms. The molecule has 5 heteroatoms. The highest BCUT2D eigenvalue weighted by atomic mass is 16.1. The number of nitrogens with one attached hydrogen (secondary N) is 1. The fourth-order valence-corrected chi connectivity index (χ4v) is 1.79. The first-order chi connectivity index (χ1) is 9.16. The van der Waals surface area contributed by atoms with E-state index < -0.39 is 5.91 Å². The lowest BCUT2D eigenvalue weighted by Crippen LogP contribution is -2.16. The Labute approximate surface area is 111 Å². The van der Waals surface area contributed by atoms with Crippen LogP contribution in [0.15, 0.2) is 42.6 Å². The number of nitrogen functional groups attached to an aromatic ring is 1. The van der Waals surface area contributed by atoms with Crippen LogP contribution in [0, 0.1) is 0 Å². The van der Waals surface area contributed by atoms with Crippen LogP contribution in [0.25, 0.3) is 0 Å². The highest BCUT2D eigenvalue weighted by Gasteiger charge is 2.08. The Morgan fingerprint density at radius 1 is 1.26 bits per heavy atom. The van der Waals surface area contributed by atoms with Crippen molar-refractivity contribution in [2.75, 3.05) is 17.6 Å². The number of hydrogen-bond donors (Lipinski definition) is 3. The second-order valence-electron chi connectivity index (χ2n) is 4.17. The quantitative estimate of drug-likeness (QED) is 0.705. The molecule has 5 N–H and O–H groups in total. The molecule has 1 aromatic heterocycles. The van der Waals surface area contributed by atoms with E-state index in [9.17, 15) is 4.79 Å². The van der Waals surface area contributed by atoms with E-state index in [1.54, 1.807) is 24.4 Å². The Morgan fingerprint density at radius 2 is 2.11 bits per heavy atom. The van der Waals surface area contributed by atoms with Crippen LogP contribution in [0.4, 0.5) is 11.4 Å². The van der Waals surface area contributed by atoms with Crippen LogP contribution in [0.5, 0.6) is 0 Å². The third-order valence-electron chi connectivity index (χ3n) is 2.73. The number of amides is 1. The molecule has 98 valence electrons. The standard InChI is InChI=1S/C14H16N4O/c15-10-4-5-13(12(9-10)14(16)19)18-8-6-11-3-1-2-7-17-11/h1-5,7,9,18H,6,8,15H2,(H2,16,19).